The minimum atomic E-state index is -0.350. The summed E-state index contributed by atoms with van der Waals surface area (Å²) < 4.78 is 26.9. The second-order valence-corrected chi connectivity index (χ2v) is 7.07. The Labute approximate surface area is 180 Å². The highest BCUT2D eigenvalue weighted by Gasteiger charge is 2.18. The van der Waals surface area contributed by atoms with Gasteiger partial charge in [-0.25, -0.2) is 4.99 Å². The molecular formula is C22H25N3O6. The van der Waals surface area contributed by atoms with E-state index in [1.807, 2.05) is 6.07 Å². The van der Waals surface area contributed by atoms with Gasteiger partial charge in [0.1, 0.15) is 11.5 Å². The molecule has 2 N–H and O–H groups in total. The first kappa shape index (κ1) is 20.8. The summed E-state index contributed by atoms with van der Waals surface area (Å²) in [7, 11) is 3.07. The molecule has 2 aromatic carbocycles. The molecule has 0 aliphatic carbocycles. The number of carbonyl (C=O) groups is 1. The zero-order valence-corrected chi connectivity index (χ0v) is 17.5. The SMILES string of the molecule is COc1cc(OC)cc(C(=O)NC(=NCC2CCCO2)Nc2ccc3c(c2)OCO3)c1. The number of aliphatic imine (C=N–C) groups is 1. The molecule has 4 rings (SSSR count). The summed E-state index contributed by atoms with van der Waals surface area (Å²) in [6.07, 6.45) is 2.01. The van der Waals surface area contributed by atoms with E-state index in [0.29, 0.717) is 46.8 Å². The van der Waals surface area contributed by atoms with Gasteiger partial charge in [-0.15, -0.1) is 0 Å². The van der Waals surface area contributed by atoms with Crippen molar-refractivity contribution in [1.29, 1.82) is 0 Å². The highest BCUT2D eigenvalue weighted by Crippen LogP contribution is 2.34. The van der Waals surface area contributed by atoms with Crippen LogP contribution in [0.1, 0.15) is 23.2 Å². The number of amides is 1. The lowest BCUT2D eigenvalue weighted by Crippen LogP contribution is -2.36. The van der Waals surface area contributed by atoms with Gasteiger partial charge in [-0.3, -0.25) is 10.1 Å². The number of carbonyl (C=O) groups excluding carboxylic acids is 1. The number of hydrogen-bond acceptors (Lipinski definition) is 7. The van der Waals surface area contributed by atoms with Crippen LogP contribution in [-0.4, -0.2) is 52.1 Å². The highest BCUT2D eigenvalue weighted by molar-refractivity contribution is 6.10. The first-order valence-electron chi connectivity index (χ1n) is 10.0. The largest absolute Gasteiger partial charge is 0.497 e. The zero-order chi connectivity index (χ0) is 21.6. The third kappa shape index (κ3) is 5.18. The molecule has 0 spiro atoms. The number of hydrogen-bond donors (Lipinski definition) is 2. The number of guanidine groups is 1. The summed E-state index contributed by atoms with van der Waals surface area (Å²) in [6, 6.07) is 10.4. The van der Waals surface area contributed by atoms with Crippen LogP contribution in [0.25, 0.3) is 0 Å². The minimum Gasteiger partial charge on any atom is -0.497 e. The third-order valence-corrected chi connectivity index (χ3v) is 4.96. The molecule has 9 nitrogen and oxygen atoms in total. The number of benzene rings is 2. The van der Waals surface area contributed by atoms with Gasteiger partial charge in [-0.2, -0.15) is 0 Å². The second kappa shape index (κ2) is 9.57. The van der Waals surface area contributed by atoms with E-state index >= 15 is 0 Å². The quantitative estimate of drug-likeness (QED) is 0.540. The van der Waals surface area contributed by atoms with Crippen molar-refractivity contribution in [1.82, 2.24) is 5.32 Å². The topological polar surface area (TPSA) is 99.6 Å². The first-order valence-corrected chi connectivity index (χ1v) is 10.0. The molecule has 31 heavy (non-hydrogen) atoms. The molecule has 0 radical (unpaired) electrons. The van der Waals surface area contributed by atoms with Crippen molar-refractivity contribution in [3.05, 3.63) is 42.0 Å². The number of ether oxygens (including phenoxy) is 5. The van der Waals surface area contributed by atoms with Crippen molar-refractivity contribution in [3.8, 4) is 23.0 Å². The van der Waals surface area contributed by atoms with E-state index in [2.05, 4.69) is 15.6 Å². The number of nitrogens with one attached hydrogen (secondary N) is 2. The normalized spacial score (nSPS) is 17.4. The highest BCUT2D eigenvalue weighted by atomic mass is 16.7. The van der Waals surface area contributed by atoms with Crippen LogP contribution in [0.5, 0.6) is 23.0 Å². The van der Waals surface area contributed by atoms with Gasteiger partial charge in [0.15, 0.2) is 11.5 Å². The van der Waals surface area contributed by atoms with E-state index in [9.17, 15) is 4.79 Å². The van der Waals surface area contributed by atoms with Crippen molar-refractivity contribution >= 4 is 17.6 Å². The van der Waals surface area contributed by atoms with Crippen LogP contribution in [0.3, 0.4) is 0 Å². The van der Waals surface area contributed by atoms with Gasteiger partial charge in [0, 0.05) is 30.0 Å². The van der Waals surface area contributed by atoms with Crippen LogP contribution in [-0.2, 0) is 4.74 Å². The fourth-order valence-corrected chi connectivity index (χ4v) is 3.32. The molecular weight excluding hydrogens is 402 g/mol. The summed E-state index contributed by atoms with van der Waals surface area (Å²) in [5.41, 5.74) is 1.09. The third-order valence-electron chi connectivity index (χ3n) is 4.96. The van der Waals surface area contributed by atoms with Crippen LogP contribution in [0.15, 0.2) is 41.4 Å². The number of rotatable bonds is 6. The van der Waals surface area contributed by atoms with E-state index in [-0.39, 0.29) is 18.8 Å². The maximum Gasteiger partial charge on any atom is 0.258 e. The Balaban J connectivity index is 1.53. The molecule has 0 saturated carbocycles. The first-order chi connectivity index (χ1) is 15.1. The molecule has 0 bridgehead atoms. The standard InChI is InChI=1S/C22H25N3O6/c1-27-17-8-14(9-18(11-17)28-2)21(26)25-22(23-12-16-4-3-7-29-16)24-15-5-6-19-20(10-15)31-13-30-19/h5-6,8-11,16H,3-4,7,12-13H2,1-2H3,(H2,23,24,25,26). The Morgan fingerprint density at radius 2 is 1.87 bits per heavy atom. The van der Waals surface area contributed by atoms with Gasteiger partial charge in [0.2, 0.25) is 12.8 Å². The molecule has 9 heteroatoms. The van der Waals surface area contributed by atoms with Crippen LogP contribution in [0.4, 0.5) is 5.69 Å². The number of nitrogens with zero attached hydrogens (tertiary/aromatic N) is 1. The average Bonchev–Trinajstić information content (AvgIpc) is 3.48. The predicted octanol–water partition coefficient (Wildman–Crippen LogP) is 2.81. The monoisotopic (exact) mass is 427 g/mol. The molecule has 1 amide bonds. The fourth-order valence-electron chi connectivity index (χ4n) is 3.32. The summed E-state index contributed by atoms with van der Waals surface area (Å²) >= 11 is 0. The van der Waals surface area contributed by atoms with Gasteiger partial charge < -0.3 is 29.0 Å². The Kier molecular flexibility index (Phi) is 6.42. The zero-order valence-electron chi connectivity index (χ0n) is 17.5. The molecule has 1 unspecified atom stereocenters. The van der Waals surface area contributed by atoms with Gasteiger partial charge in [-0.1, -0.05) is 0 Å². The van der Waals surface area contributed by atoms with E-state index in [1.54, 1.807) is 30.3 Å². The van der Waals surface area contributed by atoms with Crippen LogP contribution < -0.4 is 29.6 Å². The Morgan fingerprint density at radius 3 is 2.58 bits per heavy atom. The maximum atomic E-state index is 12.9. The van der Waals surface area contributed by atoms with Crippen molar-refractivity contribution in [2.45, 2.75) is 18.9 Å². The lowest BCUT2D eigenvalue weighted by molar-refractivity contribution is 0.0975. The average molecular weight is 427 g/mol. The van der Waals surface area contributed by atoms with Crippen molar-refractivity contribution in [2.75, 3.05) is 39.5 Å². The van der Waals surface area contributed by atoms with Gasteiger partial charge >= 0.3 is 0 Å². The summed E-state index contributed by atoms with van der Waals surface area (Å²) in [4.78, 5) is 17.5. The van der Waals surface area contributed by atoms with Crippen molar-refractivity contribution < 1.29 is 28.5 Å². The summed E-state index contributed by atoms with van der Waals surface area (Å²) in [6.45, 7) is 1.36. The summed E-state index contributed by atoms with van der Waals surface area (Å²) in [5.74, 6) is 2.30. The van der Waals surface area contributed by atoms with Gasteiger partial charge in [0.25, 0.3) is 5.91 Å². The number of anilines is 1. The van der Waals surface area contributed by atoms with Crippen LogP contribution >= 0.6 is 0 Å². The van der Waals surface area contributed by atoms with Gasteiger partial charge in [0.05, 0.1) is 26.9 Å². The molecule has 2 heterocycles. The minimum absolute atomic E-state index is 0.0439. The smallest absolute Gasteiger partial charge is 0.258 e. The van der Waals surface area contributed by atoms with Crippen molar-refractivity contribution in [3.63, 3.8) is 0 Å². The van der Waals surface area contributed by atoms with E-state index in [1.165, 1.54) is 14.2 Å². The Bertz CT molecular complexity index is 949. The molecule has 2 aliphatic rings. The van der Waals surface area contributed by atoms with E-state index in [0.717, 1.165) is 19.4 Å². The Hall–Kier alpha value is -3.46. The molecule has 1 fully saturated rings. The Morgan fingerprint density at radius 1 is 1.10 bits per heavy atom. The number of methoxy groups -OCH3 is 2. The molecule has 164 valence electrons. The van der Waals surface area contributed by atoms with Crippen molar-refractivity contribution in [2.24, 2.45) is 4.99 Å². The fraction of sp³-hybridized carbons (Fsp3) is 0.364. The molecule has 1 saturated heterocycles. The maximum absolute atomic E-state index is 12.9. The van der Waals surface area contributed by atoms with Gasteiger partial charge in [-0.05, 0) is 37.1 Å². The predicted molar refractivity (Wildman–Crippen MR) is 114 cm³/mol. The lowest BCUT2D eigenvalue weighted by Gasteiger charge is -2.14. The number of fused-ring (bicyclic) bond motifs is 1. The second-order valence-electron chi connectivity index (χ2n) is 7.07. The lowest BCUT2D eigenvalue weighted by atomic mass is 10.2. The van der Waals surface area contributed by atoms with Crippen LogP contribution in [0, 0.1) is 0 Å². The molecule has 2 aromatic rings. The molecule has 2 aliphatic heterocycles. The molecule has 1 atom stereocenters. The van der Waals surface area contributed by atoms with E-state index < -0.39 is 0 Å². The summed E-state index contributed by atoms with van der Waals surface area (Å²) in [5, 5.41) is 5.99. The van der Waals surface area contributed by atoms with E-state index in [4.69, 9.17) is 23.7 Å². The molecule has 0 aromatic heterocycles. The van der Waals surface area contributed by atoms with Crippen LogP contribution in [0.2, 0.25) is 0 Å².